The van der Waals surface area contributed by atoms with E-state index in [0.29, 0.717) is 13.0 Å². The molecule has 3 heterocycles. The summed E-state index contributed by atoms with van der Waals surface area (Å²) in [6.45, 7) is 3.41. The Morgan fingerprint density at radius 1 is 1.48 bits per heavy atom. The summed E-state index contributed by atoms with van der Waals surface area (Å²) in [6.07, 6.45) is 7.13. The van der Waals surface area contributed by atoms with Gasteiger partial charge in [-0.2, -0.15) is 0 Å². The molecule has 0 spiro atoms. The Bertz CT molecular complexity index is 594. The molecule has 1 atom stereocenters. The van der Waals surface area contributed by atoms with Gasteiger partial charge in [0.05, 0.1) is 18.8 Å². The van der Waals surface area contributed by atoms with Gasteiger partial charge in [-0.1, -0.05) is 5.21 Å². The largest absolute Gasteiger partial charge is 0.333 e. The van der Waals surface area contributed by atoms with Crippen molar-refractivity contribution in [2.24, 2.45) is 0 Å². The van der Waals surface area contributed by atoms with Crippen molar-refractivity contribution in [1.82, 2.24) is 24.9 Å². The first-order valence-electron chi connectivity index (χ1n) is 7.29. The van der Waals surface area contributed by atoms with Crippen molar-refractivity contribution in [2.45, 2.75) is 45.2 Å². The third-order valence-corrected chi connectivity index (χ3v) is 4.84. The lowest BCUT2D eigenvalue weighted by molar-refractivity contribution is -0.135. The molecule has 0 saturated carbocycles. The molecule has 1 fully saturated rings. The highest BCUT2D eigenvalue weighted by Crippen LogP contribution is 2.33. The predicted octanol–water partition coefficient (Wildman–Crippen LogP) is 2.19. The van der Waals surface area contributed by atoms with Gasteiger partial charge in [0.2, 0.25) is 5.91 Å². The van der Waals surface area contributed by atoms with E-state index in [2.05, 4.69) is 20.7 Å². The molecule has 2 aromatic rings. The first kappa shape index (κ1) is 14.2. The molecule has 1 unspecified atom stereocenters. The maximum absolute atomic E-state index is 12.5. The Balaban J connectivity index is 1.67. The first-order chi connectivity index (χ1) is 10.2. The molecule has 0 aromatic carbocycles. The summed E-state index contributed by atoms with van der Waals surface area (Å²) in [6, 6.07) is 0.153. The molecular formula is C14H19N5OS. The summed E-state index contributed by atoms with van der Waals surface area (Å²) in [7, 11) is 0. The van der Waals surface area contributed by atoms with Gasteiger partial charge in [-0.3, -0.25) is 9.48 Å². The number of likely N-dealkylation sites (tertiary alicyclic amines) is 1. The molecule has 0 aliphatic carbocycles. The maximum Gasteiger partial charge on any atom is 0.225 e. The van der Waals surface area contributed by atoms with Crippen LogP contribution in [0.1, 0.15) is 42.4 Å². The van der Waals surface area contributed by atoms with Crippen molar-refractivity contribution in [3.63, 3.8) is 0 Å². The van der Waals surface area contributed by atoms with E-state index in [-0.39, 0.29) is 11.9 Å². The summed E-state index contributed by atoms with van der Waals surface area (Å²) in [4.78, 5) is 19.1. The molecule has 0 N–H and O–H groups in total. The molecule has 2 aromatic heterocycles. The van der Waals surface area contributed by atoms with Gasteiger partial charge < -0.3 is 4.90 Å². The Morgan fingerprint density at radius 2 is 2.38 bits per heavy atom. The van der Waals surface area contributed by atoms with Crippen LogP contribution in [0.4, 0.5) is 0 Å². The standard InChI is InChI=1S/C14H19N5OS/c1-11-10-21-14(16-11)12-4-2-3-7-19(12)13(20)5-8-18-9-6-15-17-18/h6,9-10,12H,2-5,7-8H2,1H3. The van der Waals surface area contributed by atoms with Crippen LogP contribution in [0.2, 0.25) is 0 Å². The highest BCUT2D eigenvalue weighted by molar-refractivity contribution is 7.09. The van der Waals surface area contributed by atoms with Gasteiger partial charge >= 0.3 is 0 Å². The zero-order chi connectivity index (χ0) is 14.7. The second-order valence-electron chi connectivity index (χ2n) is 5.34. The Morgan fingerprint density at radius 3 is 3.10 bits per heavy atom. The minimum absolute atomic E-state index is 0.153. The van der Waals surface area contributed by atoms with Gasteiger partial charge in [0.25, 0.3) is 0 Å². The average Bonchev–Trinajstić information content (AvgIpc) is 3.16. The highest BCUT2D eigenvalue weighted by atomic mass is 32.1. The van der Waals surface area contributed by atoms with E-state index in [1.54, 1.807) is 28.4 Å². The minimum Gasteiger partial charge on any atom is -0.333 e. The Labute approximate surface area is 127 Å². The SMILES string of the molecule is Cc1csc(C2CCCCN2C(=O)CCn2ccnn2)n1. The molecule has 7 heteroatoms. The number of hydrogen-bond donors (Lipinski definition) is 0. The van der Waals surface area contributed by atoms with Gasteiger partial charge in [0.1, 0.15) is 5.01 Å². The first-order valence-corrected chi connectivity index (χ1v) is 8.17. The van der Waals surface area contributed by atoms with Crippen LogP contribution in [0.15, 0.2) is 17.8 Å². The molecule has 1 aliphatic rings. The molecule has 21 heavy (non-hydrogen) atoms. The van der Waals surface area contributed by atoms with Gasteiger partial charge in [-0.25, -0.2) is 4.98 Å². The lowest BCUT2D eigenvalue weighted by Gasteiger charge is -2.34. The molecule has 0 bridgehead atoms. The second-order valence-corrected chi connectivity index (χ2v) is 6.23. The monoisotopic (exact) mass is 305 g/mol. The van der Waals surface area contributed by atoms with E-state index in [1.807, 2.05) is 11.8 Å². The number of thiazole rings is 1. The normalized spacial score (nSPS) is 18.9. The smallest absolute Gasteiger partial charge is 0.225 e. The van der Waals surface area contributed by atoms with Gasteiger partial charge in [-0.05, 0) is 26.2 Å². The van der Waals surface area contributed by atoms with E-state index < -0.39 is 0 Å². The van der Waals surface area contributed by atoms with Gasteiger partial charge in [0.15, 0.2) is 0 Å². The Hall–Kier alpha value is -1.76. The molecule has 3 rings (SSSR count). The molecule has 1 aliphatic heterocycles. The van der Waals surface area contributed by atoms with E-state index in [9.17, 15) is 4.79 Å². The van der Waals surface area contributed by atoms with E-state index >= 15 is 0 Å². The van der Waals surface area contributed by atoms with Crippen molar-refractivity contribution in [1.29, 1.82) is 0 Å². The third-order valence-electron chi connectivity index (χ3n) is 3.77. The predicted molar refractivity (Wildman–Crippen MR) is 79.8 cm³/mol. The number of hydrogen-bond acceptors (Lipinski definition) is 5. The van der Waals surface area contributed by atoms with E-state index in [0.717, 1.165) is 36.5 Å². The number of carbonyl (C=O) groups excluding carboxylic acids is 1. The summed E-state index contributed by atoms with van der Waals surface area (Å²) in [5.41, 5.74) is 1.04. The van der Waals surface area contributed by atoms with Crippen LogP contribution in [0.3, 0.4) is 0 Å². The van der Waals surface area contributed by atoms with Crippen molar-refractivity contribution in [2.75, 3.05) is 6.54 Å². The van der Waals surface area contributed by atoms with Crippen LogP contribution in [-0.4, -0.2) is 37.3 Å². The van der Waals surface area contributed by atoms with Crippen molar-refractivity contribution in [3.05, 3.63) is 28.5 Å². The lowest BCUT2D eigenvalue weighted by Crippen LogP contribution is -2.38. The van der Waals surface area contributed by atoms with Gasteiger partial charge in [-0.15, -0.1) is 16.4 Å². The number of carbonyl (C=O) groups is 1. The quantitative estimate of drug-likeness (QED) is 0.868. The topological polar surface area (TPSA) is 63.9 Å². The summed E-state index contributed by atoms with van der Waals surface area (Å²) < 4.78 is 1.70. The fourth-order valence-corrected chi connectivity index (χ4v) is 3.66. The van der Waals surface area contributed by atoms with Crippen molar-refractivity contribution in [3.8, 4) is 0 Å². The fraction of sp³-hybridized carbons (Fsp3) is 0.571. The van der Waals surface area contributed by atoms with Crippen LogP contribution in [0.5, 0.6) is 0 Å². The summed E-state index contributed by atoms with van der Waals surface area (Å²) in [5.74, 6) is 0.183. The lowest BCUT2D eigenvalue weighted by atomic mass is 10.0. The second kappa shape index (κ2) is 6.34. The van der Waals surface area contributed by atoms with Crippen LogP contribution in [0.25, 0.3) is 0 Å². The molecule has 6 nitrogen and oxygen atoms in total. The number of rotatable bonds is 4. The van der Waals surface area contributed by atoms with Crippen LogP contribution >= 0.6 is 11.3 Å². The molecular weight excluding hydrogens is 286 g/mol. The summed E-state index contributed by atoms with van der Waals surface area (Å²) >= 11 is 1.66. The van der Waals surface area contributed by atoms with E-state index in [1.165, 1.54) is 0 Å². The maximum atomic E-state index is 12.5. The number of amides is 1. The molecule has 1 amide bonds. The molecule has 0 radical (unpaired) electrons. The van der Waals surface area contributed by atoms with Crippen molar-refractivity contribution < 1.29 is 4.79 Å². The number of aromatic nitrogens is 4. The summed E-state index contributed by atoms with van der Waals surface area (Å²) in [5, 5.41) is 10.8. The van der Waals surface area contributed by atoms with Crippen LogP contribution in [-0.2, 0) is 11.3 Å². The zero-order valence-electron chi connectivity index (χ0n) is 12.1. The van der Waals surface area contributed by atoms with Gasteiger partial charge in [0, 0.05) is 30.2 Å². The Kier molecular flexibility index (Phi) is 4.28. The number of aryl methyl sites for hydroxylation is 2. The fourth-order valence-electron chi connectivity index (χ4n) is 2.72. The number of piperidine rings is 1. The van der Waals surface area contributed by atoms with Crippen LogP contribution in [0, 0.1) is 6.92 Å². The molecule has 112 valence electrons. The minimum atomic E-state index is 0.153. The van der Waals surface area contributed by atoms with Crippen molar-refractivity contribution >= 4 is 17.2 Å². The van der Waals surface area contributed by atoms with E-state index in [4.69, 9.17) is 0 Å². The van der Waals surface area contributed by atoms with Crippen LogP contribution < -0.4 is 0 Å². The highest BCUT2D eigenvalue weighted by Gasteiger charge is 2.29. The average molecular weight is 305 g/mol. The number of nitrogens with zero attached hydrogens (tertiary/aromatic N) is 5. The third kappa shape index (κ3) is 3.29. The zero-order valence-corrected chi connectivity index (χ0v) is 12.9. The molecule has 1 saturated heterocycles.